The minimum atomic E-state index is -0.586. The van der Waals surface area contributed by atoms with Crippen LogP contribution < -0.4 is 9.80 Å². The van der Waals surface area contributed by atoms with Crippen LogP contribution in [0.25, 0.3) is 0 Å². The van der Waals surface area contributed by atoms with Crippen LogP contribution in [-0.2, 0) is 9.59 Å². The summed E-state index contributed by atoms with van der Waals surface area (Å²) in [5, 5.41) is 0.581. The molecule has 8 heteroatoms. The monoisotopic (exact) mass is 421 g/mol. The number of amides is 2. The number of imide groups is 1. The average Bonchev–Trinajstić information content (AvgIpc) is 2.99. The van der Waals surface area contributed by atoms with Gasteiger partial charge in [0.25, 0.3) is 5.91 Å². The van der Waals surface area contributed by atoms with E-state index in [0.717, 1.165) is 16.7 Å². The van der Waals surface area contributed by atoms with Gasteiger partial charge in [-0.05, 0) is 30.3 Å². The standard InChI is InChI=1S/C20H18Cl2FN3O2/c21-14-3-1-2-4-17(14)24-7-9-25(10-8-24)18-12-19(27)26(20(18)28)13-5-6-16(23)15(22)11-13/h1-6,11,18H,7-10,12H2. The van der Waals surface area contributed by atoms with E-state index in [4.69, 9.17) is 23.2 Å². The third-order valence-electron chi connectivity index (χ3n) is 5.23. The first-order chi connectivity index (χ1) is 13.5. The molecular formula is C20H18Cl2FN3O2. The molecule has 2 aliphatic heterocycles. The molecule has 2 fully saturated rings. The van der Waals surface area contributed by atoms with E-state index in [9.17, 15) is 14.0 Å². The number of rotatable bonds is 3. The molecule has 4 rings (SSSR count). The lowest BCUT2D eigenvalue weighted by atomic mass is 10.1. The fraction of sp³-hybridized carbons (Fsp3) is 0.300. The van der Waals surface area contributed by atoms with Crippen molar-refractivity contribution in [3.8, 4) is 0 Å². The highest BCUT2D eigenvalue weighted by Crippen LogP contribution is 2.31. The normalized spacial score (nSPS) is 20.9. The van der Waals surface area contributed by atoms with Gasteiger partial charge >= 0.3 is 0 Å². The molecule has 1 atom stereocenters. The molecule has 0 radical (unpaired) electrons. The summed E-state index contributed by atoms with van der Waals surface area (Å²) in [5.74, 6) is -1.18. The van der Waals surface area contributed by atoms with Crippen molar-refractivity contribution >= 4 is 46.4 Å². The number of carbonyl (C=O) groups excluding carboxylic acids is 2. The van der Waals surface area contributed by atoms with E-state index < -0.39 is 11.9 Å². The van der Waals surface area contributed by atoms with Gasteiger partial charge in [-0.3, -0.25) is 14.5 Å². The Kier molecular flexibility index (Phi) is 5.27. The van der Waals surface area contributed by atoms with Crippen molar-refractivity contribution in [1.29, 1.82) is 0 Å². The van der Waals surface area contributed by atoms with E-state index in [1.165, 1.54) is 12.1 Å². The highest BCUT2D eigenvalue weighted by Gasteiger charge is 2.43. The van der Waals surface area contributed by atoms with Gasteiger partial charge in [0, 0.05) is 26.2 Å². The minimum Gasteiger partial charge on any atom is -0.368 e. The quantitative estimate of drug-likeness (QED) is 0.710. The Hall–Kier alpha value is -2.15. The van der Waals surface area contributed by atoms with Crippen molar-refractivity contribution in [2.75, 3.05) is 36.0 Å². The minimum absolute atomic E-state index is 0.111. The number of carbonyl (C=O) groups is 2. The van der Waals surface area contributed by atoms with Crippen LogP contribution >= 0.6 is 23.2 Å². The molecule has 0 aliphatic carbocycles. The molecule has 2 aliphatic rings. The van der Waals surface area contributed by atoms with E-state index in [1.54, 1.807) is 0 Å². The van der Waals surface area contributed by atoms with E-state index in [2.05, 4.69) is 4.90 Å². The zero-order chi connectivity index (χ0) is 19.8. The van der Waals surface area contributed by atoms with Crippen LogP contribution in [-0.4, -0.2) is 48.9 Å². The molecule has 2 amide bonds. The predicted octanol–water partition coefficient (Wildman–Crippen LogP) is 3.59. The van der Waals surface area contributed by atoms with Crippen molar-refractivity contribution < 1.29 is 14.0 Å². The fourth-order valence-corrected chi connectivity index (χ4v) is 4.21. The predicted molar refractivity (Wildman–Crippen MR) is 108 cm³/mol. The highest BCUT2D eigenvalue weighted by atomic mass is 35.5. The van der Waals surface area contributed by atoms with E-state index in [0.29, 0.717) is 36.9 Å². The van der Waals surface area contributed by atoms with Crippen LogP contribution in [0.4, 0.5) is 15.8 Å². The summed E-state index contributed by atoms with van der Waals surface area (Å²) >= 11 is 12.1. The smallest absolute Gasteiger partial charge is 0.251 e. The number of para-hydroxylation sites is 1. The number of halogens is 3. The van der Waals surface area contributed by atoms with Gasteiger partial charge in [-0.1, -0.05) is 35.3 Å². The van der Waals surface area contributed by atoms with Crippen LogP contribution in [0.15, 0.2) is 42.5 Å². The summed E-state index contributed by atoms with van der Waals surface area (Å²) in [6, 6.07) is 11.0. The Labute approximate surface area is 172 Å². The first-order valence-electron chi connectivity index (χ1n) is 9.01. The first kappa shape index (κ1) is 19.2. The van der Waals surface area contributed by atoms with Crippen LogP contribution in [0.2, 0.25) is 10.0 Å². The van der Waals surface area contributed by atoms with Gasteiger partial charge in [-0.15, -0.1) is 0 Å². The third kappa shape index (κ3) is 3.48. The number of nitrogens with zero attached hydrogens (tertiary/aromatic N) is 3. The van der Waals surface area contributed by atoms with Gasteiger partial charge in [0.1, 0.15) is 5.82 Å². The molecule has 0 spiro atoms. The van der Waals surface area contributed by atoms with Crippen molar-refractivity contribution in [2.24, 2.45) is 0 Å². The Bertz CT molecular complexity index is 931. The summed E-state index contributed by atoms with van der Waals surface area (Å²) in [6.45, 7) is 2.72. The van der Waals surface area contributed by atoms with Gasteiger partial charge in [-0.2, -0.15) is 0 Å². The number of benzene rings is 2. The maximum atomic E-state index is 13.4. The molecular weight excluding hydrogens is 404 g/mol. The zero-order valence-electron chi connectivity index (χ0n) is 14.9. The fourth-order valence-electron chi connectivity index (χ4n) is 3.78. The van der Waals surface area contributed by atoms with Gasteiger partial charge in [0.05, 0.1) is 33.9 Å². The summed E-state index contributed by atoms with van der Waals surface area (Å²) in [7, 11) is 0. The molecule has 146 valence electrons. The summed E-state index contributed by atoms with van der Waals surface area (Å²) < 4.78 is 13.4. The van der Waals surface area contributed by atoms with Crippen molar-refractivity contribution in [1.82, 2.24) is 4.90 Å². The van der Waals surface area contributed by atoms with Gasteiger partial charge in [-0.25, -0.2) is 9.29 Å². The third-order valence-corrected chi connectivity index (χ3v) is 5.84. The second kappa shape index (κ2) is 7.70. The van der Waals surface area contributed by atoms with Crippen LogP contribution in [0, 0.1) is 5.82 Å². The lowest BCUT2D eigenvalue weighted by Crippen LogP contribution is -2.52. The largest absolute Gasteiger partial charge is 0.368 e. The van der Waals surface area contributed by atoms with E-state index in [-0.39, 0.29) is 23.3 Å². The molecule has 0 bridgehead atoms. The molecule has 0 saturated carbocycles. The highest BCUT2D eigenvalue weighted by molar-refractivity contribution is 6.33. The van der Waals surface area contributed by atoms with Gasteiger partial charge in [0.15, 0.2) is 0 Å². The summed E-state index contributed by atoms with van der Waals surface area (Å²) in [6.07, 6.45) is 0.111. The molecule has 1 unspecified atom stereocenters. The van der Waals surface area contributed by atoms with Crippen LogP contribution in [0.1, 0.15) is 6.42 Å². The number of hydrogen-bond acceptors (Lipinski definition) is 4. The lowest BCUT2D eigenvalue weighted by molar-refractivity contribution is -0.123. The number of piperazine rings is 1. The maximum absolute atomic E-state index is 13.4. The topological polar surface area (TPSA) is 43.9 Å². The molecule has 2 saturated heterocycles. The Morgan fingerprint density at radius 2 is 1.64 bits per heavy atom. The first-order valence-corrected chi connectivity index (χ1v) is 9.76. The Balaban J connectivity index is 1.46. The summed E-state index contributed by atoms with van der Waals surface area (Å²) in [5.41, 5.74) is 1.28. The molecule has 2 heterocycles. The van der Waals surface area contributed by atoms with Crippen LogP contribution in [0.3, 0.4) is 0 Å². The lowest BCUT2D eigenvalue weighted by Gasteiger charge is -2.38. The van der Waals surface area contributed by atoms with Gasteiger partial charge in [0.2, 0.25) is 5.91 Å². The molecule has 0 N–H and O–H groups in total. The SMILES string of the molecule is O=C1CC(N2CCN(c3ccccc3Cl)CC2)C(=O)N1c1ccc(F)c(Cl)c1. The Morgan fingerprint density at radius 1 is 0.929 bits per heavy atom. The zero-order valence-corrected chi connectivity index (χ0v) is 16.5. The molecule has 2 aromatic carbocycles. The molecule has 5 nitrogen and oxygen atoms in total. The van der Waals surface area contributed by atoms with Gasteiger partial charge < -0.3 is 4.90 Å². The summed E-state index contributed by atoms with van der Waals surface area (Å²) in [4.78, 5) is 30.7. The number of hydrogen-bond donors (Lipinski definition) is 0. The van der Waals surface area contributed by atoms with Crippen LogP contribution in [0.5, 0.6) is 0 Å². The second-order valence-electron chi connectivity index (χ2n) is 6.86. The Morgan fingerprint density at radius 3 is 2.32 bits per heavy atom. The molecule has 28 heavy (non-hydrogen) atoms. The van der Waals surface area contributed by atoms with E-state index >= 15 is 0 Å². The maximum Gasteiger partial charge on any atom is 0.251 e. The average molecular weight is 422 g/mol. The second-order valence-corrected chi connectivity index (χ2v) is 7.67. The molecule has 0 aromatic heterocycles. The van der Waals surface area contributed by atoms with E-state index in [1.807, 2.05) is 29.2 Å². The van der Waals surface area contributed by atoms with Crippen molar-refractivity contribution in [3.05, 3.63) is 58.3 Å². The van der Waals surface area contributed by atoms with Crippen molar-refractivity contribution in [3.63, 3.8) is 0 Å². The van der Waals surface area contributed by atoms with Crippen molar-refractivity contribution in [2.45, 2.75) is 12.5 Å². The number of anilines is 2. The molecule has 2 aromatic rings.